The van der Waals surface area contributed by atoms with Crippen molar-refractivity contribution in [2.24, 2.45) is 16.5 Å². The molecule has 0 spiro atoms. The molecule has 2 heterocycles. The van der Waals surface area contributed by atoms with E-state index in [2.05, 4.69) is 9.98 Å². The molecular formula is C20H21N5O. The largest absolute Gasteiger partial charge is 0.452 e. The van der Waals surface area contributed by atoms with Gasteiger partial charge in [0.25, 0.3) is 0 Å². The lowest BCUT2D eigenvalue weighted by atomic mass is 10.0. The zero-order valence-corrected chi connectivity index (χ0v) is 14.7. The van der Waals surface area contributed by atoms with Gasteiger partial charge in [-0.3, -0.25) is 4.99 Å². The predicted octanol–water partition coefficient (Wildman–Crippen LogP) is 1.57. The van der Waals surface area contributed by atoms with E-state index in [0.29, 0.717) is 17.2 Å². The first-order chi connectivity index (χ1) is 12.6. The van der Waals surface area contributed by atoms with E-state index < -0.39 is 0 Å². The number of nitrogens with zero attached hydrogens (tertiary/aromatic N) is 2. The lowest BCUT2D eigenvalue weighted by Gasteiger charge is -2.03. The first-order valence-electron chi connectivity index (χ1n) is 8.14. The SMILES string of the molecule is C/C=C(\C=NC)c1cnc(N)c2oc(-c3cccc(=C/N)/c3=C\N)cc12. The monoisotopic (exact) mass is 347 g/mol. The Hall–Kier alpha value is -3.54. The summed E-state index contributed by atoms with van der Waals surface area (Å²) in [6.45, 7) is 1.95. The summed E-state index contributed by atoms with van der Waals surface area (Å²) in [6, 6.07) is 7.66. The molecule has 0 radical (unpaired) electrons. The number of allylic oxidation sites excluding steroid dienone is 2. The van der Waals surface area contributed by atoms with Gasteiger partial charge in [-0.25, -0.2) is 4.98 Å². The molecule has 6 heteroatoms. The van der Waals surface area contributed by atoms with Gasteiger partial charge in [0.2, 0.25) is 0 Å². The van der Waals surface area contributed by atoms with Gasteiger partial charge in [0.1, 0.15) is 5.76 Å². The minimum absolute atomic E-state index is 0.332. The van der Waals surface area contributed by atoms with Gasteiger partial charge in [-0.2, -0.15) is 0 Å². The van der Waals surface area contributed by atoms with Crippen LogP contribution in [0.15, 0.2) is 45.9 Å². The Kier molecular flexibility index (Phi) is 4.75. The van der Waals surface area contributed by atoms with E-state index >= 15 is 0 Å². The zero-order valence-electron chi connectivity index (χ0n) is 14.7. The second-order valence-electron chi connectivity index (χ2n) is 5.68. The molecule has 3 rings (SSSR count). The van der Waals surface area contributed by atoms with Crippen molar-refractivity contribution >= 4 is 41.0 Å². The van der Waals surface area contributed by atoms with Gasteiger partial charge >= 0.3 is 0 Å². The maximum Gasteiger partial charge on any atom is 0.177 e. The van der Waals surface area contributed by atoms with Gasteiger partial charge < -0.3 is 21.6 Å². The lowest BCUT2D eigenvalue weighted by molar-refractivity contribution is 0.631. The number of nitrogens with two attached hydrogens (primary N) is 3. The zero-order chi connectivity index (χ0) is 18.7. The minimum Gasteiger partial charge on any atom is -0.452 e. The van der Waals surface area contributed by atoms with Crippen LogP contribution < -0.4 is 27.6 Å². The Morgan fingerprint density at radius 1 is 1.23 bits per heavy atom. The summed E-state index contributed by atoms with van der Waals surface area (Å²) >= 11 is 0. The molecule has 0 atom stereocenters. The fraction of sp³-hybridized carbons (Fsp3) is 0.100. The first-order valence-corrected chi connectivity index (χ1v) is 8.14. The first kappa shape index (κ1) is 17.3. The van der Waals surface area contributed by atoms with Crippen LogP contribution >= 0.6 is 0 Å². The molecule has 0 amide bonds. The number of aromatic nitrogens is 1. The number of fused-ring (bicyclic) bond motifs is 1. The maximum atomic E-state index is 6.05. The van der Waals surface area contributed by atoms with E-state index in [-0.39, 0.29) is 0 Å². The van der Waals surface area contributed by atoms with Gasteiger partial charge in [0, 0.05) is 53.6 Å². The molecular weight excluding hydrogens is 326 g/mol. The summed E-state index contributed by atoms with van der Waals surface area (Å²) < 4.78 is 6.05. The topological polar surface area (TPSA) is 116 Å². The Morgan fingerprint density at radius 3 is 2.69 bits per heavy atom. The molecule has 2 aromatic heterocycles. The highest BCUT2D eigenvalue weighted by atomic mass is 16.3. The molecule has 6 nitrogen and oxygen atoms in total. The normalized spacial score (nSPS) is 14.0. The van der Waals surface area contributed by atoms with Crippen LogP contribution in [0.4, 0.5) is 5.82 Å². The summed E-state index contributed by atoms with van der Waals surface area (Å²) in [7, 11) is 1.73. The fourth-order valence-corrected chi connectivity index (χ4v) is 2.97. The van der Waals surface area contributed by atoms with Crippen LogP contribution in [0.2, 0.25) is 0 Å². The Bertz CT molecular complexity index is 1140. The number of hydrogen-bond donors (Lipinski definition) is 3. The lowest BCUT2D eigenvalue weighted by Crippen LogP contribution is -2.29. The molecule has 0 saturated heterocycles. The van der Waals surface area contributed by atoms with Crippen molar-refractivity contribution < 1.29 is 4.42 Å². The van der Waals surface area contributed by atoms with E-state index in [1.165, 1.54) is 12.4 Å². The van der Waals surface area contributed by atoms with Crippen LogP contribution in [0.5, 0.6) is 0 Å². The van der Waals surface area contributed by atoms with E-state index in [0.717, 1.165) is 32.5 Å². The number of benzene rings is 1. The highest BCUT2D eigenvalue weighted by Gasteiger charge is 2.15. The van der Waals surface area contributed by atoms with Crippen LogP contribution in [0.3, 0.4) is 0 Å². The molecule has 132 valence electrons. The molecule has 26 heavy (non-hydrogen) atoms. The van der Waals surface area contributed by atoms with Gasteiger partial charge in [0.05, 0.1) is 0 Å². The molecule has 0 aliphatic carbocycles. The summed E-state index contributed by atoms with van der Waals surface area (Å²) in [5.74, 6) is 0.976. The predicted molar refractivity (Wildman–Crippen MR) is 108 cm³/mol. The smallest absolute Gasteiger partial charge is 0.177 e. The molecule has 0 unspecified atom stereocenters. The van der Waals surface area contributed by atoms with Crippen LogP contribution in [0, 0.1) is 0 Å². The molecule has 0 saturated carbocycles. The summed E-state index contributed by atoms with van der Waals surface area (Å²) in [4.78, 5) is 8.37. The van der Waals surface area contributed by atoms with E-state index in [4.69, 9.17) is 21.6 Å². The van der Waals surface area contributed by atoms with Crippen molar-refractivity contribution in [3.05, 3.63) is 52.5 Å². The fourth-order valence-electron chi connectivity index (χ4n) is 2.97. The number of anilines is 1. The number of nitrogen functional groups attached to an aromatic ring is 1. The molecule has 0 aliphatic rings. The van der Waals surface area contributed by atoms with Crippen molar-refractivity contribution in [3.8, 4) is 11.3 Å². The minimum atomic E-state index is 0.332. The third kappa shape index (κ3) is 2.82. The van der Waals surface area contributed by atoms with Crippen molar-refractivity contribution in [1.29, 1.82) is 0 Å². The second kappa shape index (κ2) is 7.14. The average Bonchev–Trinajstić information content (AvgIpc) is 3.12. The van der Waals surface area contributed by atoms with Gasteiger partial charge in [-0.05, 0) is 23.8 Å². The van der Waals surface area contributed by atoms with Crippen LogP contribution in [0.25, 0.3) is 40.3 Å². The van der Waals surface area contributed by atoms with E-state index in [9.17, 15) is 0 Å². The van der Waals surface area contributed by atoms with Crippen LogP contribution in [-0.2, 0) is 0 Å². The van der Waals surface area contributed by atoms with Gasteiger partial charge in [-0.15, -0.1) is 0 Å². The van der Waals surface area contributed by atoms with Crippen molar-refractivity contribution in [2.75, 3.05) is 12.8 Å². The summed E-state index contributed by atoms with van der Waals surface area (Å²) in [5.41, 5.74) is 20.8. The van der Waals surface area contributed by atoms with Crippen molar-refractivity contribution in [3.63, 3.8) is 0 Å². The number of hydrogen-bond acceptors (Lipinski definition) is 6. The summed E-state index contributed by atoms with van der Waals surface area (Å²) in [5, 5.41) is 2.48. The molecule has 6 N–H and O–H groups in total. The Morgan fingerprint density at radius 2 is 2.04 bits per heavy atom. The Labute approximate surface area is 151 Å². The maximum absolute atomic E-state index is 6.05. The van der Waals surface area contributed by atoms with Crippen molar-refractivity contribution in [1.82, 2.24) is 4.98 Å². The highest BCUT2D eigenvalue weighted by Crippen LogP contribution is 2.33. The number of aliphatic imine (C=N–C) groups is 1. The van der Waals surface area contributed by atoms with Crippen LogP contribution in [-0.4, -0.2) is 18.2 Å². The Balaban J connectivity index is 2.35. The number of furan rings is 1. The summed E-state index contributed by atoms with van der Waals surface area (Å²) in [6.07, 6.45) is 8.51. The third-order valence-corrected chi connectivity index (χ3v) is 4.23. The van der Waals surface area contributed by atoms with Gasteiger partial charge in [-0.1, -0.05) is 24.3 Å². The standard InChI is InChI=1S/C20H21N5O/c1-3-12(10-24-2)17-11-25-20(23)19-15(17)7-18(26-19)14-6-4-5-13(8-21)16(14)9-22/h3-11H,21-22H2,1-2H3,(H2,23,25)/b12-3+,13-8-,16-9+,24-10?. The van der Waals surface area contributed by atoms with Gasteiger partial charge in [0.15, 0.2) is 11.4 Å². The third-order valence-electron chi connectivity index (χ3n) is 4.23. The molecule has 1 aromatic carbocycles. The molecule has 3 aromatic rings. The molecule has 0 bridgehead atoms. The quantitative estimate of drug-likeness (QED) is 0.622. The molecule has 0 aliphatic heterocycles. The molecule has 0 fully saturated rings. The average molecular weight is 347 g/mol. The number of pyridine rings is 1. The van der Waals surface area contributed by atoms with E-state index in [1.807, 2.05) is 37.3 Å². The second-order valence-corrected chi connectivity index (χ2v) is 5.68. The van der Waals surface area contributed by atoms with Crippen LogP contribution in [0.1, 0.15) is 12.5 Å². The number of rotatable bonds is 3. The van der Waals surface area contributed by atoms with E-state index in [1.54, 1.807) is 19.5 Å². The van der Waals surface area contributed by atoms with Crippen molar-refractivity contribution in [2.45, 2.75) is 6.92 Å². The highest BCUT2D eigenvalue weighted by molar-refractivity contribution is 6.15.